The second-order valence-corrected chi connectivity index (χ2v) is 7.22. The quantitative estimate of drug-likeness (QED) is 0.278. The number of hydrogen-bond acceptors (Lipinski definition) is 8. The SMILES string of the molecule is CC(CN=Cc1ccccc1O)N=Cc1ccccc1O.O=C(O)CC(O)(CC(=O)O)C(=O)O. The number of carbonyl (C=O) groups is 3. The first-order valence-electron chi connectivity index (χ1n) is 9.93. The summed E-state index contributed by atoms with van der Waals surface area (Å²) in [5.74, 6) is -4.59. The van der Waals surface area contributed by atoms with Crippen LogP contribution in [0.1, 0.15) is 30.9 Å². The van der Waals surface area contributed by atoms with Crippen LogP contribution in [0.15, 0.2) is 58.5 Å². The van der Waals surface area contributed by atoms with Gasteiger partial charge in [-0.3, -0.25) is 19.6 Å². The average molecular weight is 474 g/mol. The third-order valence-corrected chi connectivity index (χ3v) is 4.23. The molecular formula is C23H26N2O9. The average Bonchev–Trinajstić information content (AvgIpc) is 2.74. The Morgan fingerprint density at radius 2 is 1.29 bits per heavy atom. The van der Waals surface area contributed by atoms with Crippen LogP contribution in [0.3, 0.4) is 0 Å². The van der Waals surface area contributed by atoms with E-state index in [-0.39, 0.29) is 17.5 Å². The molecular weight excluding hydrogens is 448 g/mol. The zero-order chi connectivity index (χ0) is 25.7. The lowest BCUT2D eigenvalue weighted by molar-refractivity contribution is -0.170. The van der Waals surface area contributed by atoms with Gasteiger partial charge in [-0.25, -0.2) is 4.79 Å². The Labute approximate surface area is 195 Å². The van der Waals surface area contributed by atoms with Crippen molar-refractivity contribution in [3.05, 3.63) is 59.7 Å². The standard InChI is InChI=1S/C17H18N2O2.C6H8O7/c1-13(19-12-15-7-3-5-9-17(15)21)10-18-11-14-6-2-4-8-16(14)20;7-3(8)1-6(13,5(11)12)2-4(9)10/h2-9,11-13,20-21H,10H2,1H3;13H,1-2H2,(H,7,8)(H,9,10)(H,11,12). The predicted octanol–water partition coefficient (Wildman–Crippen LogP) is 1.78. The van der Waals surface area contributed by atoms with E-state index in [0.717, 1.165) is 0 Å². The number of benzene rings is 2. The molecule has 0 fully saturated rings. The topological polar surface area (TPSA) is 197 Å². The largest absolute Gasteiger partial charge is 0.507 e. The Kier molecular flexibility index (Phi) is 10.9. The first-order chi connectivity index (χ1) is 15.9. The van der Waals surface area contributed by atoms with E-state index < -0.39 is 36.4 Å². The van der Waals surface area contributed by atoms with Crippen LogP contribution in [-0.4, -0.2) is 79.2 Å². The van der Waals surface area contributed by atoms with Crippen molar-refractivity contribution >= 4 is 30.3 Å². The third kappa shape index (κ3) is 9.92. The fourth-order valence-corrected chi connectivity index (χ4v) is 2.47. The molecule has 0 aliphatic heterocycles. The van der Waals surface area contributed by atoms with Crippen molar-refractivity contribution in [3.8, 4) is 11.5 Å². The van der Waals surface area contributed by atoms with Crippen LogP contribution >= 0.6 is 0 Å². The number of para-hydroxylation sites is 2. The van der Waals surface area contributed by atoms with Crippen molar-refractivity contribution in [2.45, 2.75) is 31.4 Å². The van der Waals surface area contributed by atoms with Gasteiger partial charge in [0.05, 0.1) is 25.4 Å². The van der Waals surface area contributed by atoms with Crippen LogP contribution in [0.4, 0.5) is 0 Å². The highest BCUT2D eigenvalue weighted by Crippen LogP contribution is 2.16. The molecule has 0 aliphatic rings. The lowest BCUT2D eigenvalue weighted by Gasteiger charge is -2.18. The van der Waals surface area contributed by atoms with Crippen molar-refractivity contribution in [1.82, 2.24) is 0 Å². The second-order valence-electron chi connectivity index (χ2n) is 7.22. The van der Waals surface area contributed by atoms with Crippen molar-refractivity contribution in [2.24, 2.45) is 9.98 Å². The molecule has 0 aliphatic carbocycles. The number of carboxylic acid groups (broad SMARTS) is 3. The zero-order valence-electron chi connectivity index (χ0n) is 18.3. The Morgan fingerprint density at radius 1 is 0.853 bits per heavy atom. The number of aromatic hydroxyl groups is 2. The van der Waals surface area contributed by atoms with Gasteiger partial charge in [0.1, 0.15) is 11.5 Å². The molecule has 182 valence electrons. The lowest BCUT2D eigenvalue weighted by Crippen LogP contribution is -2.42. The number of aliphatic carboxylic acids is 3. The summed E-state index contributed by atoms with van der Waals surface area (Å²) in [5.41, 5.74) is -1.36. The van der Waals surface area contributed by atoms with Crippen LogP contribution in [-0.2, 0) is 14.4 Å². The van der Waals surface area contributed by atoms with Crippen LogP contribution in [0, 0.1) is 0 Å². The summed E-state index contributed by atoms with van der Waals surface area (Å²) in [4.78, 5) is 39.1. The molecule has 0 aromatic heterocycles. The lowest BCUT2D eigenvalue weighted by atomic mass is 9.96. The van der Waals surface area contributed by atoms with Gasteiger partial charge in [-0.1, -0.05) is 24.3 Å². The van der Waals surface area contributed by atoms with Crippen LogP contribution in [0.5, 0.6) is 11.5 Å². The summed E-state index contributed by atoms with van der Waals surface area (Å²) >= 11 is 0. The van der Waals surface area contributed by atoms with E-state index in [1.807, 2.05) is 19.1 Å². The summed E-state index contributed by atoms with van der Waals surface area (Å²) in [6.07, 6.45) is 1.00. The summed E-state index contributed by atoms with van der Waals surface area (Å²) < 4.78 is 0. The van der Waals surface area contributed by atoms with Crippen molar-refractivity contribution in [2.75, 3.05) is 6.54 Å². The number of aliphatic hydroxyl groups is 1. The number of nitrogens with zero attached hydrogens (tertiary/aromatic N) is 2. The fourth-order valence-electron chi connectivity index (χ4n) is 2.47. The molecule has 0 saturated carbocycles. The predicted molar refractivity (Wildman–Crippen MR) is 123 cm³/mol. The summed E-state index contributed by atoms with van der Waals surface area (Å²) in [5, 5.41) is 53.1. The number of phenolic OH excluding ortho intramolecular Hbond substituents is 2. The Bertz CT molecular complexity index is 1030. The Morgan fingerprint density at radius 3 is 1.71 bits per heavy atom. The van der Waals surface area contributed by atoms with Crippen molar-refractivity contribution in [3.63, 3.8) is 0 Å². The van der Waals surface area contributed by atoms with Gasteiger partial charge in [0.2, 0.25) is 0 Å². The van der Waals surface area contributed by atoms with Gasteiger partial charge >= 0.3 is 17.9 Å². The number of hydrogen-bond donors (Lipinski definition) is 6. The molecule has 1 atom stereocenters. The maximum absolute atomic E-state index is 10.3. The second kappa shape index (κ2) is 13.3. The minimum atomic E-state index is -2.74. The van der Waals surface area contributed by atoms with E-state index in [1.165, 1.54) is 0 Å². The van der Waals surface area contributed by atoms with Gasteiger partial charge in [-0.2, -0.15) is 0 Å². The van der Waals surface area contributed by atoms with Gasteiger partial charge in [-0.15, -0.1) is 0 Å². The van der Waals surface area contributed by atoms with Gasteiger partial charge in [0.25, 0.3) is 0 Å². The molecule has 34 heavy (non-hydrogen) atoms. The van der Waals surface area contributed by atoms with Crippen LogP contribution in [0.25, 0.3) is 0 Å². The Balaban J connectivity index is 0.000000385. The minimum absolute atomic E-state index is 0.00767. The molecule has 2 rings (SSSR count). The highest BCUT2D eigenvalue weighted by molar-refractivity contribution is 5.88. The molecule has 0 bridgehead atoms. The monoisotopic (exact) mass is 474 g/mol. The molecule has 0 heterocycles. The van der Waals surface area contributed by atoms with E-state index in [9.17, 15) is 24.6 Å². The number of carboxylic acids is 3. The molecule has 2 aromatic rings. The molecule has 11 nitrogen and oxygen atoms in total. The highest BCUT2D eigenvalue weighted by Gasteiger charge is 2.40. The van der Waals surface area contributed by atoms with Crippen molar-refractivity contribution < 1.29 is 45.0 Å². The molecule has 1 unspecified atom stereocenters. The van der Waals surface area contributed by atoms with Gasteiger partial charge in [-0.05, 0) is 31.2 Å². The molecule has 0 radical (unpaired) electrons. The molecule has 0 saturated heterocycles. The first-order valence-corrected chi connectivity index (χ1v) is 9.93. The minimum Gasteiger partial charge on any atom is -0.507 e. The van der Waals surface area contributed by atoms with E-state index in [2.05, 4.69) is 9.98 Å². The molecule has 0 amide bonds. The van der Waals surface area contributed by atoms with Gasteiger partial charge in [0.15, 0.2) is 5.60 Å². The van der Waals surface area contributed by atoms with E-state index >= 15 is 0 Å². The maximum atomic E-state index is 10.3. The number of phenols is 2. The van der Waals surface area contributed by atoms with Crippen LogP contribution < -0.4 is 0 Å². The Hall–Kier alpha value is -4.25. The number of rotatable bonds is 10. The van der Waals surface area contributed by atoms with E-state index in [1.54, 1.807) is 48.8 Å². The highest BCUT2D eigenvalue weighted by atomic mass is 16.4. The fraction of sp³-hybridized carbons (Fsp3) is 0.261. The van der Waals surface area contributed by atoms with E-state index in [0.29, 0.717) is 17.7 Å². The van der Waals surface area contributed by atoms with Crippen LogP contribution in [0.2, 0.25) is 0 Å². The van der Waals surface area contributed by atoms with E-state index in [4.69, 9.17) is 20.4 Å². The van der Waals surface area contributed by atoms with Gasteiger partial charge < -0.3 is 30.6 Å². The van der Waals surface area contributed by atoms with Crippen molar-refractivity contribution in [1.29, 1.82) is 0 Å². The summed E-state index contributed by atoms with van der Waals surface area (Å²) in [6, 6.07) is 14.1. The molecule has 0 spiro atoms. The number of aliphatic imine (C=N–C) groups is 2. The maximum Gasteiger partial charge on any atom is 0.336 e. The zero-order valence-corrected chi connectivity index (χ0v) is 18.3. The molecule has 2 aromatic carbocycles. The molecule has 6 N–H and O–H groups in total. The smallest absolute Gasteiger partial charge is 0.336 e. The third-order valence-electron chi connectivity index (χ3n) is 4.23. The summed E-state index contributed by atoms with van der Waals surface area (Å²) in [7, 11) is 0. The van der Waals surface area contributed by atoms with Gasteiger partial charge in [0, 0.05) is 23.6 Å². The normalized spacial score (nSPS) is 12.2. The first kappa shape index (κ1) is 27.8. The molecule has 11 heteroatoms. The summed E-state index contributed by atoms with van der Waals surface area (Å²) in [6.45, 7) is 2.46.